The van der Waals surface area contributed by atoms with Gasteiger partial charge in [0, 0.05) is 25.6 Å². The van der Waals surface area contributed by atoms with Gasteiger partial charge in [0.25, 0.3) is 0 Å². The van der Waals surface area contributed by atoms with Crippen LogP contribution in [0.1, 0.15) is 19.4 Å². The maximum Gasteiger partial charge on any atom is 0.193 e. The second-order valence-electron chi connectivity index (χ2n) is 5.37. The van der Waals surface area contributed by atoms with E-state index in [4.69, 9.17) is 0 Å². The number of benzene rings is 1. The van der Waals surface area contributed by atoms with Crippen molar-refractivity contribution in [2.45, 2.75) is 19.3 Å². The highest BCUT2D eigenvalue weighted by molar-refractivity contribution is 5.81. The molecule has 1 aromatic carbocycles. The summed E-state index contributed by atoms with van der Waals surface area (Å²) in [6.45, 7) is 6.75. The van der Waals surface area contributed by atoms with Gasteiger partial charge in [-0.1, -0.05) is 26.0 Å². The third-order valence-corrected chi connectivity index (χ3v) is 3.35. The Labute approximate surface area is 108 Å². The summed E-state index contributed by atoms with van der Waals surface area (Å²) in [6, 6.07) is 6.79. The molecule has 2 rings (SSSR count). The van der Waals surface area contributed by atoms with Crippen molar-refractivity contribution in [3.63, 3.8) is 0 Å². The lowest BCUT2D eigenvalue weighted by molar-refractivity contribution is 0.478. The Balaban J connectivity index is 2.03. The van der Waals surface area contributed by atoms with E-state index < -0.39 is 0 Å². The summed E-state index contributed by atoms with van der Waals surface area (Å²) in [5.41, 5.74) is 0.866. The van der Waals surface area contributed by atoms with Crippen LogP contribution in [0.4, 0.5) is 4.39 Å². The molecule has 1 aliphatic rings. The molecule has 0 aromatic heterocycles. The summed E-state index contributed by atoms with van der Waals surface area (Å²) in [5, 5.41) is 3.34. The quantitative estimate of drug-likeness (QED) is 0.887. The number of aliphatic imine (C=N–C) groups is 1. The second-order valence-corrected chi connectivity index (χ2v) is 5.37. The molecule has 0 saturated carbocycles. The van der Waals surface area contributed by atoms with Crippen LogP contribution < -0.4 is 5.32 Å². The lowest BCUT2D eigenvalue weighted by atomic mass is 9.84. The average molecular weight is 249 g/mol. The SMILES string of the molecule is CN1CCN=C1NCC(C)(C)c1cccc(F)c1. The van der Waals surface area contributed by atoms with Crippen molar-refractivity contribution in [3.8, 4) is 0 Å². The van der Waals surface area contributed by atoms with Crippen LogP contribution in [0.3, 0.4) is 0 Å². The molecule has 1 N–H and O–H groups in total. The van der Waals surface area contributed by atoms with Gasteiger partial charge < -0.3 is 10.2 Å². The van der Waals surface area contributed by atoms with Gasteiger partial charge >= 0.3 is 0 Å². The van der Waals surface area contributed by atoms with Crippen LogP contribution in [-0.2, 0) is 5.41 Å². The first-order chi connectivity index (χ1) is 8.49. The Kier molecular flexibility index (Phi) is 3.55. The van der Waals surface area contributed by atoms with Gasteiger partial charge in [-0.15, -0.1) is 0 Å². The summed E-state index contributed by atoms with van der Waals surface area (Å²) in [4.78, 5) is 6.49. The summed E-state index contributed by atoms with van der Waals surface area (Å²) >= 11 is 0. The predicted octanol–water partition coefficient (Wildman–Crippen LogP) is 1.99. The van der Waals surface area contributed by atoms with Crippen LogP contribution in [0, 0.1) is 5.82 Å². The molecule has 1 aromatic rings. The van der Waals surface area contributed by atoms with E-state index in [1.54, 1.807) is 12.1 Å². The van der Waals surface area contributed by atoms with Gasteiger partial charge in [0.1, 0.15) is 5.82 Å². The van der Waals surface area contributed by atoms with Crippen molar-refractivity contribution >= 4 is 5.96 Å². The van der Waals surface area contributed by atoms with Crippen LogP contribution >= 0.6 is 0 Å². The molecule has 98 valence electrons. The van der Waals surface area contributed by atoms with Gasteiger partial charge in [-0.2, -0.15) is 0 Å². The molecule has 0 unspecified atom stereocenters. The van der Waals surface area contributed by atoms with E-state index in [1.807, 2.05) is 13.1 Å². The Morgan fingerprint density at radius 2 is 2.22 bits per heavy atom. The van der Waals surface area contributed by atoms with E-state index in [-0.39, 0.29) is 11.2 Å². The largest absolute Gasteiger partial charge is 0.355 e. The van der Waals surface area contributed by atoms with Gasteiger partial charge in [-0.25, -0.2) is 4.39 Å². The number of nitrogens with zero attached hydrogens (tertiary/aromatic N) is 2. The maximum absolute atomic E-state index is 13.2. The minimum absolute atomic E-state index is 0.131. The first kappa shape index (κ1) is 12.9. The molecule has 3 nitrogen and oxygen atoms in total. The third kappa shape index (κ3) is 2.81. The molecule has 0 atom stereocenters. The summed E-state index contributed by atoms with van der Waals surface area (Å²) in [6.07, 6.45) is 0. The average Bonchev–Trinajstić information content (AvgIpc) is 2.72. The summed E-state index contributed by atoms with van der Waals surface area (Å²) in [5.74, 6) is 0.746. The Bertz CT molecular complexity index is 454. The number of nitrogens with one attached hydrogen (secondary N) is 1. The molecule has 4 heteroatoms. The van der Waals surface area contributed by atoms with Gasteiger partial charge in [0.2, 0.25) is 0 Å². The topological polar surface area (TPSA) is 27.6 Å². The minimum atomic E-state index is -0.184. The molecule has 0 saturated heterocycles. The number of hydrogen-bond acceptors (Lipinski definition) is 3. The van der Waals surface area contributed by atoms with Gasteiger partial charge in [0.05, 0.1) is 6.54 Å². The Morgan fingerprint density at radius 3 is 2.83 bits per heavy atom. The molecule has 0 aliphatic carbocycles. The zero-order chi connectivity index (χ0) is 13.2. The summed E-state index contributed by atoms with van der Waals surface area (Å²) < 4.78 is 13.2. The van der Waals surface area contributed by atoms with Crippen LogP contribution in [0.2, 0.25) is 0 Å². The first-order valence-electron chi connectivity index (χ1n) is 6.24. The van der Waals surface area contributed by atoms with Crippen LogP contribution in [0.15, 0.2) is 29.3 Å². The van der Waals surface area contributed by atoms with E-state index in [2.05, 4.69) is 29.1 Å². The molecule has 1 heterocycles. The molecule has 18 heavy (non-hydrogen) atoms. The van der Waals surface area contributed by atoms with Crippen molar-refractivity contribution in [3.05, 3.63) is 35.6 Å². The number of halogens is 1. The van der Waals surface area contributed by atoms with Gasteiger partial charge in [-0.3, -0.25) is 4.99 Å². The third-order valence-electron chi connectivity index (χ3n) is 3.35. The van der Waals surface area contributed by atoms with E-state index in [0.29, 0.717) is 0 Å². The number of likely N-dealkylation sites (N-methyl/N-ethyl adjacent to an activating group) is 1. The smallest absolute Gasteiger partial charge is 0.193 e. The number of guanidine groups is 1. The van der Waals surface area contributed by atoms with Crippen LogP contribution in [0.5, 0.6) is 0 Å². The van der Waals surface area contributed by atoms with Crippen LogP contribution in [0.25, 0.3) is 0 Å². The fourth-order valence-electron chi connectivity index (χ4n) is 2.03. The first-order valence-corrected chi connectivity index (χ1v) is 6.24. The lowest BCUT2D eigenvalue weighted by Crippen LogP contribution is -2.42. The van der Waals surface area contributed by atoms with E-state index in [1.165, 1.54) is 6.07 Å². The molecule has 0 radical (unpaired) electrons. The highest BCUT2D eigenvalue weighted by atomic mass is 19.1. The van der Waals surface area contributed by atoms with Crippen molar-refractivity contribution in [1.82, 2.24) is 10.2 Å². The number of rotatable bonds is 3. The fourth-order valence-corrected chi connectivity index (χ4v) is 2.03. The monoisotopic (exact) mass is 249 g/mol. The van der Waals surface area contributed by atoms with Crippen molar-refractivity contribution in [1.29, 1.82) is 0 Å². The van der Waals surface area contributed by atoms with Gasteiger partial charge in [0.15, 0.2) is 5.96 Å². The van der Waals surface area contributed by atoms with Crippen LogP contribution in [-0.4, -0.2) is 37.5 Å². The van der Waals surface area contributed by atoms with Gasteiger partial charge in [-0.05, 0) is 17.7 Å². The van der Waals surface area contributed by atoms with Crippen molar-refractivity contribution < 1.29 is 4.39 Å². The molecular weight excluding hydrogens is 229 g/mol. The second kappa shape index (κ2) is 4.96. The molecule has 0 amide bonds. The van der Waals surface area contributed by atoms with E-state index >= 15 is 0 Å². The van der Waals surface area contributed by atoms with Crippen molar-refractivity contribution in [2.24, 2.45) is 4.99 Å². The predicted molar refractivity (Wildman–Crippen MR) is 72.4 cm³/mol. The zero-order valence-electron chi connectivity index (χ0n) is 11.2. The molecule has 0 fully saturated rings. The highest BCUT2D eigenvalue weighted by Crippen LogP contribution is 2.22. The normalized spacial score (nSPS) is 15.8. The summed E-state index contributed by atoms with van der Waals surface area (Å²) in [7, 11) is 2.02. The highest BCUT2D eigenvalue weighted by Gasteiger charge is 2.23. The fraction of sp³-hybridized carbons (Fsp3) is 0.500. The van der Waals surface area contributed by atoms with E-state index in [9.17, 15) is 4.39 Å². The molecule has 0 spiro atoms. The minimum Gasteiger partial charge on any atom is -0.355 e. The maximum atomic E-state index is 13.2. The zero-order valence-corrected chi connectivity index (χ0v) is 11.2. The van der Waals surface area contributed by atoms with E-state index in [0.717, 1.165) is 31.2 Å². The van der Waals surface area contributed by atoms with Crippen molar-refractivity contribution in [2.75, 3.05) is 26.7 Å². The Hall–Kier alpha value is -1.58. The number of hydrogen-bond donors (Lipinski definition) is 1. The lowest BCUT2D eigenvalue weighted by Gasteiger charge is -2.27. The molecule has 0 bridgehead atoms. The standard InChI is InChI=1S/C14H20FN3/c1-14(2,11-5-4-6-12(15)9-11)10-17-13-16-7-8-18(13)3/h4-6,9H,7-8,10H2,1-3H3,(H,16,17). The molecule has 1 aliphatic heterocycles. The molecular formula is C14H20FN3. The Morgan fingerprint density at radius 1 is 1.44 bits per heavy atom.